The quantitative estimate of drug-likeness (QED) is 0.907. The number of aromatic amines is 1. The topological polar surface area (TPSA) is 70.7 Å². The van der Waals surface area contributed by atoms with Gasteiger partial charge in [-0.3, -0.25) is 9.89 Å². The summed E-state index contributed by atoms with van der Waals surface area (Å²) in [6.45, 7) is 2.24. The monoisotopic (exact) mass is 294 g/mol. The van der Waals surface area contributed by atoms with Gasteiger partial charge in [0.25, 0.3) is 5.91 Å². The van der Waals surface area contributed by atoms with Crippen molar-refractivity contribution < 1.29 is 4.79 Å². The number of nitrogens with zero attached hydrogens (tertiary/aromatic N) is 2. The molecule has 0 aliphatic rings. The fourth-order valence-electron chi connectivity index (χ4n) is 1.46. The lowest BCUT2D eigenvalue weighted by atomic mass is 10.1. The number of aryl methyl sites for hydroxylation is 1. The Bertz CT molecular complexity index is 524. The molecule has 1 aromatic carbocycles. The van der Waals surface area contributed by atoms with Crippen molar-refractivity contribution in [3.05, 3.63) is 46.0 Å². The van der Waals surface area contributed by atoms with Crippen molar-refractivity contribution in [2.24, 2.45) is 0 Å². The summed E-state index contributed by atoms with van der Waals surface area (Å²) >= 11 is 3.36. The summed E-state index contributed by atoms with van der Waals surface area (Å²) in [4.78, 5) is 15.8. The zero-order chi connectivity index (χ0) is 12.3. The molecule has 2 aromatic rings. The van der Waals surface area contributed by atoms with E-state index < -0.39 is 0 Å². The van der Waals surface area contributed by atoms with Gasteiger partial charge in [-0.2, -0.15) is 5.10 Å². The Hall–Kier alpha value is -1.69. The van der Waals surface area contributed by atoms with Crippen LogP contribution in [-0.4, -0.2) is 21.1 Å². The SMILES string of the molecule is Cc1cc(Br)ccc1C(=O)NCc1ncn[nH]1. The molecule has 0 saturated heterocycles. The molecule has 5 nitrogen and oxygen atoms in total. The number of rotatable bonds is 3. The molecule has 0 aliphatic carbocycles. The fourth-order valence-corrected chi connectivity index (χ4v) is 1.93. The lowest BCUT2D eigenvalue weighted by molar-refractivity contribution is 0.0949. The number of hydrogen-bond acceptors (Lipinski definition) is 3. The molecule has 17 heavy (non-hydrogen) atoms. The van der Waals surface area contributed by atoms with Gasteiger partial charge >= 0.3 is 0 Å². The molecule has 0 spiro atoms. The van der Waals surface area contributed by atoms with Crippen LogP contribution >= 0.6 is 15.9 Å². The Morgan fingerprint density at radius 3 is 3.00 bits per heavy atom. The van der Waals surface area contributed by atoms with Gasteiger partial charge in [0.1, 0.15) is 12.2 Å². The Morgan fingerprint density at radius 2 is 2.35 bits per heavy atom. The van der Waals surface area contributed by atoms with E-state index in [0.29, 0.717) is 17.9 Å². The van der Waals surface area contributed by atoms with Crippen molar-refractivity contribution in [3.8, 4) is 0 Å². The molecule has 6 heteroatoms. The first-order chi connectivity index (χ1) is 8.16. The van der Waals surface area contributed by atoms with Crippen LogP contribution in [-0.2, 0) is 6.54 Å². The van der Waals surface area contributed by atoms with Crippen molar-refractivity contribution in [3.63, 3.8) is 0 Å². The van der Waals surface area contributed by atoms with Crippen molar-refractivity contribution in [2.75, 3.05) is 0 Å². The van der Waals surface area contributed by atoms with E-state index in [1.54, 1.807) is 6.07 Å². The molecule has 88 valence electrons. The van der Waals surface area contributed by atoms with E-state index in [9.17, 15) is 4.79 Å². The van der Waals surface area contributed by atoms with Crippen LogP contribution in [0.25, 0.3) is 0 Å². The molecule has 0 bridgehead atoms. The molecule has 2 N–H and O–H groups in total. The first-order valence-corrected chi connectivity index (χ1v) is 5.84. The van der Waals surface area contributed by atoms with Gasteiger partial charge < -0.3 is 5.32 Å². The summed E-state index contributed by atoms with van der Waals surface area (Å²) in [7, 11) is 0. The molecule has 1 amide bonds. The summed E-state index contributed by atoms with van der Waals surface area (Å²) in [5.74, 6) is 0.513. The standard InChI is InChI=1S/C11H11BrN4O/c1-7-4-8(12)2-3-9(7)11(17)13-5-10-14-6-15-16-10/h2-4,6H,5H2,1H3,(H,13,17)(H,14,15,16). The highest BCUT2D eigenvalue weighted by Crippen LogP contribution is 2.15. The third-order valence-corrected chi connectivity index (χ3v) is 2.81. The molecule has 0 radical (unpaired) electrons. The first-order valence-electron chi connectivity index (χ1n) is 5.05. The summed E-state index contributed by atoms with van der Waals surface area (Å²) < 4.78 is 0.960. The second-order valence-corrected chi connectivity index (χ2v) is 4.49. The van der Waals surface area contributed by atoms with Crippen LogP contribution in [0.3, 0.4) is 0 Å². The average Bonchev–Trinajstić information content (AvgIpc) is 2.78. The zero-order valence-electron chi connectivity index (χ0n) is 9.20. The molecule has 0 unspecified atom stereocenters. The minimum atomic E-state index is -0.119. The molecular formula is C11H11BrN4O. The molecule has 2 rings (SSSR count). The third kappa shape index (κ3) is 2.91. The molecule has 0 saturated carbocycles. The maximum atomic E-state index is 11.9. The summed E-state index contributed by atoms with van der Waals surface area (Å²) in [6, 6.07) is 5.54. The van der Waals surface area contributed by atoms with Gasteiger partial charge in [-0.05, 0) is 30.7 Å². The maximum Gasteiger partial charge on any atom is 0.251 e. The zero-order valence-corrected chi connectivity index (χ0v) is 10.8. The van der Waals surface area contributed by atoms with Gasteiger partial charge in [0.2, 0.25) is 0 Å². The first kappa shape index (κ1) is 11.8. The Balaban J connectivity index is 2.04. The Morgan fingerprint density at radius 1 is 1.53 bits per heavy atom. The van der Waals surface area contributed by atoms with Gasteiger partial charge in [0.15, 0.2) is 0 Å². The molecule has 1 aromatic heterocycles. The smallest absolute Gasteiger partial charge is 0.251 e. The van der Waals surface area contributed by atoms with Crippen molar-refractivity contribution >= 4 is 21.8 Å². The second-order valence-electron chi connectivity index (χ2n) is 3.57. The van der Waals surface area contributed by atoms with Crippen LogP contribution < -0.4 is 5.32 Å². The number of carbonyl (C=O) groups excluding carboxylic acids is 1. The highest BCUT2D eigenvalue weighted by Gasteiger charge is 2.09. The second kappa shape index (κ2) is 5.09. The predicted molar refractivity (Wildman–Crippen MR) is 66.4 cm³/mol. The van der Waals surface area contributed by atoms with Gasteiger partial charge in [0, 0.05) is 10.0 Å². The highest BCUT2D eigenvalue weighted by molar-refractivity contribution is 9.10. The summed E-state index contributed by atoms with van der Waals surface area (Å²) in [5.41, 5.74) is 1.59. The fraction of sp³-hybridized carbons (Fsp3) is 0.182. The number of benzene rings is 1. The average molecular weight is 295 g/mol. The van der Waals surface area contributed by atoms with E-state index >= 15 is 0 Å². The molecule has 1 heterocycles. The van der Waals surface area contributed by atoms with Crippen molar-refractivity contribution in [1.29, 1.82) is 0 Å². The van der Waals surface area contributed by atoms with Crippen LogP contribution in [0.2, 0.25) is 0 Å². The van der Waals surface area contributed by atoms with E-state index in [2.05, 4.69) is 36.4 Å². The normalized spacial score (nSPS) is 10.2. The maximum absolute atomic E-state index is 11.9. The van der Waals surface area contributed by atoms with Crippen LogP contribution in [0, 0.1) is 6.92 Å². The predicted octanol–water partition coefficient (Wildman–Crippen LogP) is 1.81. The van der Waals surface area contributed by atoms with Crippen LogP contribution in [0.4, 0.5) is 0 Å². The number of amides is 1. The molecular weight excluding hydrogens is 284 g/mol. The minimum Gasteiger partial charge on any atom is -0.345 e. The molecule has 0 atom stereocenters. The number of halogens is 1. The largest absolute Gasteiger partial charge is 0.345 e. The Labute approximate surface area is 107 Å². The van der Waals surface area contributed by atoms with Gasteiger partial charge in [-0.15, -0.1) is 0 Å². The van der Waals surface area contributed by atoms with E-state index in [1.165, 1.54) is 6.33 Å². The van der Waals surface area contributed by atoms with E-state index in [1.807, 2.05) is 19.1 Å². The summed E-state index contributed by atoms with van der Waals surface area (Å²) in [6.07, 6.45) is 1.41. The number of nitrogens with one attached hydrogen (secondary N) is 2. The van der Waals surface area contributed by atoms with Gasteiger partial charge in [-0.25, -0.2) is 4.98 Å². The number of hydrogen-bond donors (Lipinski definition) is 2. The lowest BCUT2D eigenvalue weighted by Gasteiger charge is -2.06. The van der Waals surface area contributed by atoms with E-state index in [4.69, 9.17) is 0 Å². The van der Waals surface area contributed by atoms with Gasteiger partial charge in [0.05, 0.1) is 6.54 Å². The number of H-pyrrole nitrogens is 1. The number of aromatic nitrogens is 3. The van der Waals surface area contributed by atoms with Gasteiger partial charge in [-0.1, -0.05) is 15.9 Å². The number of carbonyl (C=O) groups is 1. The Kier molecular flexibility index (Phi) is 3.53. The summed E-state index contributed by atoms with van der Waals surface area (Å²) in [5, 5.41) is 9.17. The molecule has 0 aliphatic heterocycles. The van der Waals surface area contributed by atoms with E-state index in [0.717, 1.165) is 10.0 Å². The van der Waals surface area contributed by atoms with E-state index in [-0.39, 0.29) is 5.91 Å². The van der Waals surface area contributed by atoms with Crippen LogP contribution in [0.15, 0.2) is 29.0 Å². The molecule has 0 fully saturated rings. The lowest BCUT2D eigenvalue weighted by Crippen LogP contribution is -2.24. The highest BCUT2D eigenvalue weighted by atomic mass is 79.9. The van der Waals surface area contributed by atoms with Crippen molar-refractivity contribution in [1.82, 2.24) is 20.5 Å². The van der Waals surface area contributed by atoms with Crippen LogP contribution in [0.1, 0.15) is 21.7 Å². The third-order valence-electron chi connectivity index (χ3n) is 2.31. The minimum absolute atomic E-state index is 0.119. The van der Waals surface area contributed by atoms with Crippen molar-refractivity contribution in [2.45, 2.75) is 13.5 Å². The van der Waals surface area contributed by atoms with Crippen LogP contribution in [0.5, 0.6) is 0 Å².